The highest BCUT2D eigenvalue weighted by atomic mass is 19.4. The maximum Gasteiger partial charge on any atom is 0.389 e. The number of nitrogens with zero attached hydrogens (tertiary/aromatic N) is 5. The zero-order valence-corrected chi connectivity index (χ0v) is 10.3. The molecule has 2 aromatic rings. The van der Waals surface area contributed by atoms with E-state index in [1.165, 1.54) is 0 Å². The highest BCUT2D eigenvalue weighted by Crippen LogP contribution is 2.22. The number of halogens is 3. The smallest absolute Gasteiger partial charge is 0.332 e. The number of rotatable bonds is 4. The molecule has 10 heteroatoms. The molecule has 20 heavy (non-hydrogen) atoms. The zero-order chi connectivity index (χ0) is 14.2. The maximum atomic E-state index is 12.1. The van der Waals surface area contributed by atoms with Gasteiger partial charge in [-0.15, -0.1) is 5.10 Å². The van der Waals surface area contributed by atoms with Crippen molar-refractivity contribution in [2.24, 2.45) is 0 Å². The van der Waals surface area contributed by atoms with Crippen molar-refractivity contribution >= 4 is 0 Å². The Morgan fingerprint density at radius 3 is 2.85 bits per heavy atom. The minimum absolute atomic E-state index is 0.0113. The lowest BCUT2D eigenvalue weighted by molar-refractivity contribution is -0.134. The molecule has 0 amide bonds. The van der Waals surface area contributed by atoms with Crippen LogP contribution in [-0.2, 0) is 6.42 Å². The summed E-state index contributed by atoms with van der Waals surface area (Å²) < 4.78 is 42.8. The van der Waals surface area contributed by atoms with E-state index >= 15 is 0 Å². The second-order valence-corrected chi connectivity index (χ2v) is 4.53. The number of aryl methyl sites for hydroxylation is 1. The molecular weight excluding hydrogens is 277 g/mol. The fourth-order valence-electron chi connectivity index (χ4n) is 1.73. The van der Waals surface area contributed by atoms with Crippen molar-refractivity contribution in [2.45, 2.75) is 25.1 Å². The molecule has 0 aliphatic carbocycles. The average Bonchev–Trinajstić information content (AvgIpc) is 2.90. The molecule has 1 saturated heterocycles. The molecular formula is C10H11F3N6O. The minimum Gasteiger partial charge on any atom is -0.332 e. The van der Waals surface area contributed by atoms with E-state index in [4.69, 9.17) is 4.52 Å². The van der Waals surface area contributed by atoms with Gasteiger partial charge in [-0.25, -0.2) is 4.68 Å². The zero-order valence-electron chi connectivity index (χ0n) is 10.3. The molecule has 0 bridgehead atoms. The van der Waals surface area contributed by atoms with Crippen LogP contribution in [0.3, 0.4) is 0 Å². The summed E-state index contributed by atoms with van der Waals surface area (Å²) in [6.45, 7) is 1.62. The molecule has 3 rings (SSSR count). The highest BCUT2D eigenvalue weighted by Gasteiger charge is 2.28. The van der Waals surface area contributed by atoms with Gasteiger partial charge in [-0.2, -0.15) is 18.2 Å². The third-order valence-corrected chi connectivity index (χ3v) is 2.96. The summed E-state index contributed by atoms with van der Waals surface area (Å²) in [5, 5.41) is 14.4. The van der Waals surface area contributed by atoms with Gasteiger partial charge in [-0.05, 0) is 0 Å². The molecule has 0 atom stereocenters. The van der Waals surface area contributed by atoms with Crippen molar-refractivity contribution in [3.05, 3.63) is 12.0 Å². The molecule has 1 N–H and O–H groups in total. The van der Waals surface area contributed by atoms with Gasteiger partial charge in [0.1, 0.15) is 0 Å². The summed E-state index contributed by atoms with van der Waals surface area (Å²) in [5.74, 6) is 0.0953. The van der Waals surface area contributed by atoms with Crippen molar-refractivity contribution in [3.63, 3.8) is 0 Å². The minimum atomic E-state index is -4.23. The lowest BCUT2D eigenvalue weighted by Crippen LogP contribution is -2.43. The predicted octanol–water partition coefficient (Wildman–Crippen LogP) is 0.967. The first-order chi connectivity index (χ1) is 9.51. The van der Waals surface area contributed by atoms with Crippen LogP contribution in [0, 0.1) is 0 Å². The molecule has 7 nitrogen and oxygen atoms in total. The summed E-state index contributed by atoms with van der Waals surface area (Å²) in [4.78, 5) is 3.89. The van der Waals surface area contributed by atoms with Crippen molar-refractivity contribution in [3.8, 4) is 11.6 Å². The van der Waals surface area contributed by atoms with Crippen LogP contribution < -0.4 is 5.32 Å². The summed E-state index contributed by atoms with van der Waals surface area (Å²) in [6.07, 6.45) is -3.88. The lowest BCUT2D eigenvalue weighted by atomic mass is 10.2. The van der Waals surface area contributed by atoms with E-state index in [1.807, 2.05) is 0 Å². The molecule has 0 spiro atoms. The molecule has 1 aliphatic heterocycles. The van der Waals surface area contributed by atoms with Crippen molar-refractivity contribution in [1.82, 2.24) is 30.5 Å². The van der Waals surface area contributed by atoms with E-state index < -0.39 is 12.6 Å². The van der Waals surface area contributed by atoms with E-state index in [0.29, 0.717) is 5.69 Å². The molecule has 0 radical (unpaired) electrons. The van der Waals surface area contributed by atoms with Crippen LogP contribution in [0.15, 0.2) is 10.7 Å². The van der Waals surface area contributed by atoms with E-state index in [-0.39, 0.29) is 24.2 Å². The fourth-order valence-corrected chi connectivity index (χ4v) is 1.73. The maximum absolute atomic E-state index is 12.1. The van der Waals surface area contributed by atoms with Gasteiger partial charge in [-0.1, -0.05) is 10.4 Å². The van der Waals surface area contributed by atoms with Gasteiger partial charge >= 0.3 is 6.18 Å². The van der Waals surface area contributed by atoms with Crippen LogP contribution in [0.4, 0.5) is 13.2 Å². The first-order valence-electron chi connectivity index (χ1n) is 6.03. The van der Waals surface area contributed by atoms with Gasteiger partial charge in [0.2, 0.25) is 0 Å². The fraction of sp³-hybridized carbons (Fsp3) is 0.600. The molecule has 108 valence electrons. The monoisotopic (exact) mass is 288 g/mol. The van der Waals surface area contributed by atoms with Gasteiger partial charge in [-0.3, -0.25) is 0 Å². The Balaban J connectivity index is 1.68. The van der Waals surface area contributed by atoms with Gasteiger partial charge in [0.15, 0.2) is 11.5 Å². The van der Waals surface area contributed by atoms with Gasteiger partial charge in [0, 0.05) is 19.5 Å². The Labute approximate surface area is 111 Å². The molecule has 2 aromatic heterocycles. The highest BCUT2D eigenvalue weighted by molar-refractivity contribution is 5.43. The normalized spacial score (nSPS) is 16.4. The SMILES string of the molecule is FC(F)(F)CCc1noc(-c2cn(C3CNC3)nn2)n1. The van der Waals surface area contributed by atoms with E-state index in [9.17, 15) is 13.2 Å². The van der Waals surface area contributed by atoms with Crippen LogP contribution in [0.5, 0.6) is 0 Å². The second kappa shape index (κ2) is 4.85. The van der Waals surface area contributed by atoms with E-state index in [2.05, 4.69) is 25.8 Å². The third kappa shape index (κ3) is 2.79. The first-order valence-corrected chi connectivity index (χ1v) is 6.03. The Morgan fingerprint density at radius 2 is 2.20 bits per heavy atom. The average molecular weight is 288 g/mol. The molecule has 3 heterocycles. The summed E-state index contributed by atoms with van der Waals surface area (Å²) in [7, 11) is 0. The number of hydrogen-bond acceptors (Lipinski definition) is 6. The Bertz CT molecular complexity index is 588. The number of hydrogen-bond donors (Lipinski definition) is 1. The van der Waals surface area contributed by atoms with E-state index in [0.717, 1.165) is 13.1 Å². The molecule has 0 unspecified atom stereocenters. The van der Waals surface area contributed by atoms with Crippen LogP contribution in [-0.4, -0.2) is 44.4 Å². The lowest BCUT2D eigenvalue weighted by Gasteiger charge is -2.26. The predicted molar refractivity (Wildman–Crippen MR) is 59.6 cm³/mol. The van der Waals surface area contributed by atoms with Gasteiger partial charge < -0.3 is 9.84 Å². The summed E-state index contributed by atoms with van der Waals surface area (Å²) in [6, 6.07) is 0.240. The molecule has 0 aromatic carbocycles. The van der Waals surface area contributed by atoms with Gasteiger partial charge in [0.05, 0.1) is 18.7 Å². The van der Waals surface area contributed by atoms with Crippen molar-refractivity contribution in [1.29, 1.82) is 0 Å². The quantitative estimate of drug-likeness (QED) is 0.902. The Kier molecular flexibility index (Phi) is 3.16. The van der Waals surface area contributed by atoms with Crippen LogP contribution in [0.2, 0.25) is 0 Å². The van der Waals surface area contributed by atoms with Crippen LogP contribution in [0.25, 0.3) is 11.6 Å². The third-order valence-electron chi connectivity index (χ3n) is 2.96. The standard InChI is InChI=1S/C10H11F3N6O/c11-10(12,13)2-1-8-15-9(20-17-8)7-5-19(18-16-7)6-3-14-4-6/h5-6,14H,1-4H2. The molecule has 1 aliphatic rings. The summed E-state index contributed by atoms with van der Waals surface area (Å²) >= 11 is 0. The molecule has 0 saturated carbocycles. The largest absolute Gasteiger partial charge is 0.389 e. The summed E-state index contributed by atoms with van der Waals surface area (Å²) in [5.41, 5.74) is 0.364. The van der Waals surface area contributed by atoms with Crippen molar-refractivity contribution in [2.75, 3.05) is 13.1 Å². The number of alkyl halides is 3. The van der Waals surface area contributed by atoms with E-state index in [1.54, 1.807) is 10.9 Å². The second-order valence-electron chi connectivity index (χ2n) is 4.53. The number of nitrogens with one attached hydrogen (secondary N) is 1. The van der Waals surface area contributed by atoms with Crippen molar-refractivity contribution < 1.29 is 17.7 Å². The Morgan fingerprint density at radius 1 is 1.40 bits per heavy atom. The van der Waals surface area contributed by atoms with Gasteiger partial charge in [0.25, 0.3) is 5.89 Å². The van der Waals surface area contributed by atoms with Crippen LogP contribution >= 0.6 is 0 Å². The first kappa shape index (κ1) is 13.0. The topological polar surface area (TPSA) is 81.7 Å². The molecule has 1 fully saturated rings. The Hall–Kier alpha value is -1.97. The van der Waals surface area contributed by atoms with Crippen LogP contribution in [0.1, 0.15) is 18.3 Å². The number of aromatic nitrogens is 5.